The van der Waals surface area contributed by atoms with E-state index in [-0.39, 0.29) is 59.1 Å². The second kappa shape index (κ2) is 8.35. The average molecular weight is 272 g/mol. The molecule has 7 nitrogen and oxygen atoms in total. The van der Waals surface area contributed by atoms with Crippen molar-refractivity contribution in [1.29, 1.82) is 0 Å². The summed E-state index contributed by atoms with van der Waals surface area (Å²) in [5, 5.41) is 27.1. The Kier molecular flexibility index (Phi) is 10.7. The second-order valence-electron chi connectivity index (χ2n) is 3.17. The first-order valence-electron chi connectivity index (χ1n) is 3.98. The molecule has 10 heteroatoms. The van der Waals surface area contributed by atoms with E-state index in [0.29, 0.717) is 0 Å². The van der Waals surface area contributed by atoms with Crippen LogP contribution >= 0.6 is 7.94 Å². The molecular formula is C6H11Na2O7P. The maximum Gasteiger partial charge on any atom is 1.00 e. The normalized spacial score (nSPS) is 34.1. The van der Waals surface area contributed by atoms with Crippen LogP contribution in [0.15, 0.2) is 0 Å². The third kappa shape index (κ3) is 5.86. The van der Waals surface area contributed by atoms with Crippen LogP contribution in [-0.4, -0.2) is 52.5 Å². The van der Waals surface area contributed by atoms with Crippen molar-refractivity contribution in [3.63, 3.8) is 0 Å². The summed E-state index contributed by atoms with van der Waals surface area (Å²) in [5.41, 5.74) is 0. The number of hydrogen-bond acceptors (Lipinski definition) is 7. The summed E-state index contributed by atoms with van der Waals surface area (Å²) in [5.74, 6) is 0. The zero-order chi connectivity index (χ0) is 10.9. The van der Waals surface area contributed by atoms with Crippen LogP contribution in [0, 0.1) is 0 Å². The standard InChI is InChI=1S/C6H13O7P.2Na/c7-1-3-5(8)6(9)4(13-3)2-14(10,11)12;;/h3-9H,1-2H2,(H2,10,11,12);;/q;2*+1/p-2/t3-,4-,5-,6+;;/m1../s1. The Morgan fingerprint density at radius 2 is 1.44 bits per heavy atom. The van der Waals surface area contributed by atoms with Gasteiger partial charge in [0.05, 0.1) is 12.8 Å². The van der Waals surface area contributed by atoms with E-state index in [1.807, 2.05) is 0 Å². The van der Waals surface area contributed by atoms with Crippen molar-refractivity contribution in [2.24, 2.45) is 0 Å². The molecule has 0 bridgehead atoms. The molecule has 1 aliphatic rings. The number of hydrogen-bond donors (Lipinski definition) is 3. The van der Waals surface area contributed by atoms with Gasteiger partial charge in [-0.25, -0.2) is 0 Å². The summed E-state index contributed by atoms with van der Waals surface area (Å²) in [6.07, 6.45) is -6.01. The molecule has 0 amide bonds. The summed E-state index contributed by atoms with van der Waals surface area (Å²) >= 11 is 0. The minimum atomic E-state index is -4.79. The molecule has 3 N–H and O–H groups in total. The molecule has 0 radical (unpaired) electrons. The van der Waals surface area contributed by atoms with E-state index < -0.39 is 45.1 Å². The van der Waals surface area contributed by atoms with Gasteiger partial charge in [0, 0.05) is 0 Å². The molecule has 1 saturated heterocycles. The largest absolute Gasteiger partial charge is 1.00 e. The van der Waals surface area contributed by atoms with Crippen LogP contribution in [0.25, 0.3) is 0 Å². The molecule has 0 aromatic carbocycles. The first-order chi connectivity index (χ1) is 6.35. The number of rotatable bonds is 3. The fourth-order valence-electron chi connectivity index (χ4n) is 1.35. The smallest absolute Gasteiger partial charge is 0.688 e. The van der Waals surface area contributed by atoms with Crippen LogP contribution in [0.5, 0.6) is 0 Å². The Labute approximate surface area is 138 Å². The van der Waals surface area contributed by atoms with Crippen LogP contribution < -0.4 is 73.8 Å². The topological polar surface area (TPSA) is 139 Å². The Balaban J connectivity index is 0. The van der Waals surface area contributed by atoms with Crippen molar-refractivity contribution >= 4 is 7.94 Å². The molecule has 0 aromatic rings. The van der Waals surface area contributed by atoms with E-state index in [1.54, 1.807) is 0 Å². The average Bonchev–Trinajstić information content (AvgIpc) is 2.30. The van der Waals surface area contributed by atoms with Gasteiger partial charge in [-0.05, 0) is 0 Å². The summed E-state index contributed by atoms with van der Waals surface area (Å²) in [7, 11) is -4.79. The molecule has 0 aliphatic carbocycles. The molecule has 1 aliphatic heterocycles. The molecule has 0 unspecified atom stereocenters. The molecule has 0 aromatic heterocycles. The van der Waals surface area contributed by atoms with Gasteiger partial charge in [0.1, 0.15) is 24.4 Å². The van der Waals surface area contributed by atoms with Gasteiger partial charge in [0.25, 0.3) is 0 Å². The van der Waals surface area contributed by atoms with E-state index in [4.69, 9.17) is 9.84 Å². The maximum atomic E-state index is 10.4. The molecule has 4 atom stereocenters. The minimum absolute atomic E-state index is 0. The predicted molar refractivity (Wildman–Crippen MR) is 39.5 cm³/mol. The fraction of sp³-hybridized carbons (Fsp3) is 1.00. The molecule has 16 heavy (non-hydrogen) atoms. The van der Waals surface area contributed by atoms with Crippen LogP contribution in [0.2, 0.25) is 0 Å². The predicted octanol–water partition coefficient (Wildman–Crippen LogP) is -10.7. The van der Waals surface area contributed by atoms with Crippen LogP contribution in [0.3, 0.4) is 0 Å². The van der Waals surface area contributed by atoms with Gasteiger partial charge >= 0.3 is 59.1 Å². The number of ether oxygens (including phenoxy) is 1. The minimum Gasteiger partial charge on any atom is -0.688 e. The van der Waals surface area contributed by atoms with Crippen LogP contribution in [0.1, 0.15) is 0 Å². The Bertz CT molecular complexity index is 202. The fourth-order valence-corrected chi connectivity index (χ4v) is 2.09. The van der Waals surface area contributed by atoms with Crippen molar-refractivity contribution in [2.45, 2.75) is 24.4 Å². The van der Waals surface area contributed by atoms with E-state index in [0.717, 1.165) is 0 Å². The van der Waals surface area contributed by atoms with Crippen LogP contribution in [-0.2, 0) is 4.74 Å². The molecule has 0 spiro atoms. The molecular weight excluding hydrogens is 261 g/mol. The van der Waals surface area contributed by atoms with Gasteiger partial charge in [0.2, 0.25) is 0 Å². The zero-order valence-electron chi connectivity index (χ0n) is 9.15. The Hall–Kier alpha value is 2.15. The van der Waals surface area contributed by atoms with E-state index in [1.165, 1.54) is 0 Å². The van der Waals surface area contributed by atoms with Crippen molar-refractivity contribution in [3.05, 3.63) is 0 Å². The van der Waals surface area contributed by atoms with Gasteiger partial charge in [-0.15, -0.1) is 0 Å². The molecule has 1 fully saturated rings. The second-order valence-corrected chi connectivity index (χ2v) is 4.76. The number of aliphatic hydroxyl groups is 3. The molecule has 1 rings (SSSR count). The van der Waals surface area contributed by atoms with E-state index >= 15 is 0 Å². The van der Waals surface area contributed by atoms with Crippen molar-refractivity contribution in [1.82, 2.24) is 0 Å². The zero-order valence-corrected chi connectivity index (χ0v) is 14.0. The SMILES string of the molecule is [Na+].[Na+].[O-][P+]([O-])([O-])C[C@H]1O[C@H](CO)[C@@H](O)[C@H]1O. The quantitative estimate of drug-likeness (QED) is 0.342. The molecule has 0 saturated carbocycles. The third-order valence-corrected chi connectivity index (χ3v) is 2.85. The third-order valence-electron chi connectivity index (χ3n) is 2.04. The molecule has 84 valence electrons. The number of aliphatic hydroxyl groups excluding tert-OH is 3. The van der Waals surface area contributed by atoms with Crippen LogP contribution in [0.4, 0.5) is 0 Å². The summed E-state index contributed by atoms with van der Waals surface area (Å²) in [6.45, 7) is -0.545. The monoisotopic (exact) mass is 272 g/mol. The van der Waals surface area contributed by atoms with Gasteiger partial charge < -0.3 is 34.7 Å². The van der Waals surface area contributed by atoms with Crippen molar-refractivity contribution in [3.8, 4) is 0 Å². The van der Waals surface area contributed by atoms with Gasteiger partial charge in [-0.3, -0.25) is 0 Å². The Morgan fingerprint density at radius 3 is 1.75 bits per heavy atom. The van der Waals surface area contributed by atoms with Gasteiger partial charge in [-0.2, -0.15) is 7.94 Å². The molecule has 1 heterocycles. The van der Waals surface area contributed by atoms with Crippen molar-refractivity contribution < 1.29 is 93.9 Å². The van der Waals surface area contributed by atoms with E-state index in [9.17, 15) is 24.9 Å². The first kappa shape index (κ1) is 20.5. The first-order valence-corrected chi connectivity index (χ1v) is 5.71. The summed E-state index contributed by atoms with van der Waals surface area (Å²) in [6, 6.07) is 0. The summed E-state index contributed by atoms with van der Waals surface area (Å²) < 4.78 is 4.79. The van der Waals surface area contributed by atoms with Gasteiger partial charge in [-0.1, -0.05) is 0 Å². The van der Waals surface area contributed by atoms with Crippen molar-refractivity contribution in [2.75, 3.05) is 12.8 Å². The van der Waals surface area contributed by atoms with Gasteiger partial charge in [0.15, 0.2) is 0 Å². The van der Waals surface area contributed by atoms with E-state index in [2.05, 4.69) is 0 Å². The Morgan fingerprint density at radius 1 is 1.00 bits per heavy atom. The maximum absolute atomic E-state index is 10.4. The summed E-state index contributed by atoms with van der Waals surface area (Å²) in [4.78, 5) is 31.1.